The maximum absolute atomic E-state index is 13.2. The van der Waals surface area contributed by atoms with Gasteiger partial charge in [0.1, 0.15) is 23.0 Å². The van der Waals surface area contributed by atoms with Crippen LogP contribution < -0.4 is 10.6 Å². The topological polar surface area (TPSA) is 140 Å². The number of anilines is 1. The number of hydrogen-bond acceptors (Lipinski definition) is 7. The van der Waals surface area contributed by atoms with Gasteiger partial charge in [-0.2, -0.15) is 4.68 Å². The molecule has 3 N–H and O–H groups in total. The van der Waals surface area contributed by atoms with E-state index in [1.165, 1.54) is 24.2 Å². The standard InChI is InChI=1S/C29H30Cl2N8O3/c1-42-29(41)33-21-11-12-22-18(16-21)7-5-3-2-4-6-8-23(28-35-26(22)27(31)36-28)34-25(40)14-9-19-15-20(30)10-13-24(19)39-17-32-37-38-39/h9-17,23H,2-8H2,1H3,(H,33,41)(H,34,40)(H,35,36)/b14-9+. The number of hydrogen-bond donors (Lipinski definition) is 3. The molecule has 13 heteroatoms. The van der Waals surface area contributed by atoms with E-state index in [0.717, 1.165) is 49.7 Å². The molecular formula is C29H30Cl2N8O3. The van der Waals surface area contributed by atoms with Crippen LogP contribution in [-0.4, -0.2) is 49.3 Å². The van der Waals surface area contributed by atoms with Crippen molar-refractivity contribution in [2.75, 3.05) is 12.4 Å². The molecule has 3 heterocycles. The van der Waals surface area contributed by atoms with Gasteiger partial charge in [0.05, 0.1) is 18.8 Å². The molecule has 42 heavy (non-hydrogen) atoms. The number of aromatic nitrogens is 6. The van der Waals surface area contributed by atoms with E-state index < -0.39 is 6.09 Å². The largest absolute Gasteiger partial charge is 0.453 e. The number of carbonyl (C=O) groups is 2. The summed E-state index contributed by atoms with van der Waals surface area (Å²) in [5.74, 6) is 0.288. The van der Waals surface area contributed by atoms with E-state index in [2.05, 4.69) is 31.1 Å². The normalized spacial score (nSPS) is 15.6. The summed E-state index contributed by atoms with van der Waals surface area (Å²) in [4.78, 5) is 33.0. The Morgan fingerprint density at radius 3 is 2.74 bits per heavy atom. The van der Waals surface area contributed by atoms with Crippen molar-refractivity contribution < 1.29 is 14.3 Å². The summed E-state index contributed by atoms with van der Waals surface area (Å²) in [5.41, 5.74) is 4.49. The summed E-state index contributed by atoms with van der Waals surface area (Å²) < 4.78 is 6.24. The molecular weight excluding hydrogens is 579 g/mol. The summed E-state index contributed by atoms with van der Waals surface area (Å²) in [5, 5.41) is 18.0. The van der Waals surface area contributed by atoms with Crippen molar-refractivity contribution in [3.8, 4) is 16.9 Å². The number of tetrazole rings is 1. The first kappa shape index (κ1) is 29.3. The van der Waals surface area contributed by atoms with E-state index in [4.69, 9.17) is 32.9 Å². The highest BCUT2D eigenvalue weighted by Crippen LogP contribution is 2.34. The van der Waals surface area contributed by atoms with E-state index in [9.17, 15) is 9.59 Å². The Hall–Kier alpha value is -4.22. The molecule has 1 atom stereocenters. The summed E-state index contributed by atoms with van der Waals surface area (Å²) in [6.45, 7) is 0. The fourth-order valence-electron chi connectivity index (χ4n) is 4.99. The zero-order chi connectivity index (χ0) is 29.5. The molecule has 2 aromatic heterocycles. The zero-order valence-corrected chi connectivity index (χ0v) is 24.5. The highest BCUT2D eigenvalue weighted by Gasteiger charge is 2.22. The number of aromatic amines is 1. The number of methoxy groups -OCH3 is 1. The van der Waals surface area contributed by atoms with Gasteiger partial charge in [-0.3, -0.25) is 10.1 Å². The molecule has 0 spiro atoms. The van der Waals surface area contributed by atoms with Crippen molar-refractivity contribution in [3.63, 3.8) is 0 Å². The Labute approximate surface area is 252 Å². The fraction of sp³-hybridized carbons (Fsp3) is 0.310. The Morgan fingerprint density at radius 1 is 1.10 bits per heavy atom. The number of rotatable bonds is 5. The minimum absolute atomic E-state index is 0.292. The average molecular weight is 610 g/mol. The molecule has 2 amide bonds. The molecule has 0 saturated heterocycles. The van der Waals surface area contributed by atoms with E-state index in [1.54, 1.807) is 30.3 Å². The highest BCUT2D eigenvalue weighted by molar-refractivity contribution is 6.32. The second-order valence-electron chi connectivity index (χ2n) is 9.93. The molecule has 11 nitrogen and oxygen atoms in total. The molecule has 1 unspecified atom stereocenters. The van der Waals surface area contributed by atoms with Crippen LogP contribution in [0.25, 0.3) is 23.0 Å². The van der Waals surface area contributed by atoms with Gasteiger partial charge in [-0.1, -0.05) is 55.0 Å². The molecule has 218 valence electrons. The van der Waals surface area contributed by atoms with Crippen LogP contribution in [0.5, 0.6) is 0 Å². The average Bonchev–Trinajstić information content (AvgIpc) is 3.65. The quantitative estimate of drug-likeness (QED) is 0.226. The molecule has 0 radical (unpaired) electrons. The van der Waals surface area contributed by atoms with Gasteiger partial charge in [-0.05, 0) is 71.7 Å². The van der Waals surface area contributed by atoms with Gasteiger partial charge in [0.15, 0.2) is 0 Å². The van der Waals surface area contributed by atoms with Gasteiger partial charge in [-0.25, -0.2) is 9.78 Å². The number of halogens is 2. The smallest absolute Gasteiger partial charge is 0.411 e. The van der Waals surface area contributed by atoms with Gasteiger partial charge in [0.25, 0.3) is 0 Å². The molecule has 0 saturated carbocycles. The molecule has 2 aromatic carbocycles. The minimum Gasteiger partial charge on any atom is -0.453 e. The zero-order valence-electron chi connectivity index (χ0n) is 22.9. The lowest BCUT2D eigenvalue weighted by molar-refractivity contribution is -0.117. The number of H-pyrrole nitrogens is 1. The molecule has 4 aromatic rings. The van der Waals surface area contributed by atoms with Crippen LogP contribution in [0.15, 0.2) is 48.8 Å². The van der Waals surface area contributed by atoms with Crippen LogP contribution in [-0.2, 0) is 16.0 Å². The van der Waals surface area contributed by atoms with Gasteiger partial charge in [0, 0.05) is 27.9 Å². The third-order valence-electron chi connectivity index (χ3n) is 7.06. The lowest BCUT2D eigenvalue weighted by Gasteiger charge is -2.16. The number of carbonyl (C=O) groups excluding carboxylic acids is 2. The third kappa shape index (κ3) is 7.15. The maximum atomic E-state index is 13.2. The number of nitrogens with zero attached hydrogens (tertiary/aromatic N) is 5. The molecule has 5 rings (SSSR count). The van der Waals surface area contributed by atoms with Crippen molar-refractivity contribution in [3.05, 3.63) is 75.9 Å². The number of benzene rings is 2. The van der Waals surface area contributed by atoms with Gasteiger partial charge in [-0.15, -0.1) is 5.10 Å². The van der Waals surface area contributed by atoms with E-state index in [1.807, 2.05) is 12.1 Å². The SMILES string of the molecule is COC(=O)Nc1ccc2c(c1)CCCCCCCC(NC(=O)/C=C/c1cc(Cl)ccc1-n1cnnn1)c1nc-2c(Cl)[nH]1. The number of ether oxygens (including phenoxy) is 1. The fourth-order valence-corrected chi connectivity index (χ4v) is 5.41. The van der Waals surface area contributed by atoms with Gasteiger partial charge in [0.2, 0.25) is 5.91 Å². The molecule has 0 fully saturated rings. The summed E-state index contributed by atoms with van der Waals surface area (Å²) in [6, 6.07) is 10.5. The second-order valence-corrected chi connectivity index (χ2v) is 10.7. The monoisotopic (exact) mass is 608 g/mol. The van der Waals surface area contributed by atoms with Crippen LogP contribution >= 0.6 is 23.2 Å². The Balaban J connectivity index is 1.40. The van der Waals surface area contributed by atoms with Crippen LogP contribution in [0.4, 0.5) is 10.5 Å². The molecule has 1 aliphatic rings. The number of aryl methyl sites for hydroxylation is 1. The predicted molar refractivity (Wildman–Crippen MR) is 161 cm³/mol. The first-order valence-corrected chi connectivity index (χ1v) is 14.4. The number of amides is 2. The third-order valence-corrected chi connectivity index (χ3v) is 7.56. The van der Waals surface area contributed by atoms with Crippen LogP contribution in [0.3, 0.4) is 0 Å². The summed E-state index contributed by atoms with van der Waals surface area (Å²) >= 11 is 12.9. The van der Waals surface area contributed by atoms with E-state index in [0.29, 0.717) is 45.1 Å². The first-order valence-electron chi connectivity index (χ1n) is 13.7. The lowest BCUT2D eigenvalue weighted by Crippen LogP contribution is -2.27. The first-order chi connectivity index (χ1) is 20.4. The van der Waals surface area contributed by atoms with Crippen LogP contribution in [0.1, 0.15) is 61.5 Å². The van der Waals surface area contributed by atoms with Crippen molar-refractivity contribution in [1.29, 1.82) is 0 Å². The number of imidazole rings is 1. The number of nitrogens with one attached hydrogen (secondary N) is 3. The summed E-state index contributed by atoms with van der Waals surface area (Å²) in [6.07, 6.45) is 10.7. The lowest BCUT2D eigenvalue weighted by atomic mass is 9.98. The van der Waals surface area contributed by atoms with Crippen molar-refractivity contribution in [2.45, 2.75) is 51.0 Å². The minimum atomic E-state index is -0.533. The molecule has 0 aliphatic carbocycles. The van der Waals surface area contributed by atoms with Gasteiger partial charge >= 0.3 is 6.09 Å². The van der Waals surface area contributed by atoms with E-state index >= 15 is 0 Å². The van der Waals surface area contributed by atoms with Gasteiger partial charge < -0.3 is 15.0 Å². The molecule has 1 aliphatic heterocycles. The second kappa shape index (κ2) is 13.6. The highest BCUT2D eigenvalue weighted by atomic mass is 35.5. The molecule has 2 bridgehead atoms. The van der Waals surface area contributed by atoms with E-state index in [-0.39, 0.29) is 11.9 Å². The Morgan fingerprint density at radius 2 is 1.93 bits per heavy atom. The van der Waals surface area contributed by atoms with Crippen molar-refractivity contribution in [1.82, 2.24) is 35.5 Å². The predicted octanol–water partition coefficient (Wildman–Crippen LogP) is 6.30. The van der Waals surface area contributed by atoms with Crippen LogP contribution in [0, 0.1) is 0 Å². The Kier molecular flexibility index (Phi) is 9.50. The van der Waals surface area contributed by atoms with Crippen molar-refractivity contribution in [2.24, 2.45) is 0 Å². The Bertz CT molecular complexity index is 1590. The van der Waals surface area contributed by atoms with Crippen molar-refractivity contribution >= 4 is 47.0 Å². The summed E-state index contributed by atoms with van der Waals surface area (Å²) in [7, 11) is 1.33. The maximum Gasteiger partial charge on any atom is 0.411 e. The van der Waals surface area contributed by atoms with Crippen LogP contribution in [0.2, 0.25) is 10.2 Å². The number of fused-ring (bicyclic) bond motifs is 4.